The number of nitrogen functional groups attached to an aromatic ring is 1. The number of ether oxygens (including phenoxy) is 2. The first-order chi connectivity index (χ1) is 11.2. The van der Waals surface area contributed by atoms with E-state index in [1.807, 2.05) is 55.5 Å². The molecule has 1 aromatic heterocycles. The normalized spacial score (nSPS) is 12.1. The molecule has 5 heteroatoms. The molecule has 1 unspecified atom stereocenters. The van der Waals surface area contributed by atoms with Gasteiger partial charge in [0.05, 0.1) is 18.3 Å². The van der Waals surface area contributed by atoms with Gasteiger partial charge in [0, 0.05) is 11.8 Å². The zero-order valence-corrected chi connectivity index (χ0v) is 13.2. The third kappa shape index (κ3) is 3.34. The van der Waals surface area contributed by atoms with Crippen molar-refractivity contribution in [2.75, 3.05) is 12.8 Å². The summed E-state index contributed by atoms with van der Waals surface area (Å²) in [6.45, 7) is 2.00. The highest BCUT2D eigenvalue weighted by molar-refractivity contribution is 5.81. The molecule has 3 rings (SSSR count). The second-order valence-corrected chi connectivity index (χ2v) is 5.33. The molecule has 3 aromatic rings. The van der Waals surface area contributed by atoms with Crippen LogP contribution in [0.15, 0.2) is 48.5 Å². The summed E-state index contributed by atoms with van der Waals surface area (Å²) in [5.74, 6) is 1.71. The molecule has 23 heavy (non-hydrogen) atoms. The first-order valence-electron chi connectivity index (χ1n) is 7.48. The number of aromatic nitrogens is 2. The molecule has 0 aliphatic heterocycles. The summed E-state index contributed by atoms with van der Waals surface area (Å²) in [7, 11) is 1.63. The van der Waals surface area contributed by atoms with E-state index in [-0.39, 0.29) is 12.1 Å². The van der Waals surface area contributed by atoms with Crippen LogP contribution in [0.5, 0.6) is 11.5 Å². The molecule has 2 aromatic carbocycles. The van der Waals surface area contributed by atoms with Crippen LogP contribution in [-0.4, -0.2) is 23.2 Å². The lowest BCUT2D eigenvalue weighted by Crippen LogP contribution is -2.17. The van der Waals surface area contributed by atoms with E-state index in [1.54, 1.807) is 7.11 Å². The minimum atomic E-state index is -0.0796. The fraction of sp³-hybridized carbons (Fsp3) is 0.222. The fourth-order valence-corrected chi connectivity index (χ4v) is 2.56. The number of para-hydroxylation sites is 3. The van der Waals surface area contributed by atoms with Crippen molar-refractivity contribution in [1.29, 1.82) is 0 Å². The van der Waals surface area contributed by atoms with E-state index in [1.165, 1.54) is 0 Å². The van der Waals surface area contributed by atoms with Crippen LogP contribution >= 0.6 is 0 Å². The summed E-state index contributed by atoms with van der Waals surface area (Å²) in [5.41, 5.74) is 7.55. The highest BCUT2D eigenvalue weighted by atomic mass is 16.5. The monoisotopic (exact) mass is 309 g/mol. The quantitative estimate of drug-likeness (QED) is 0.783. The maximum atomic E-state index is 6.00. The van der Waals surface area contributed by atoms with Crippen LogP contribution in [0.3, 0.4) is 0 Å². The smallest absolute Gasteiger partial charge is 0.220 e. The number of hydrogen-bond acceptors (Lipinski definition) is 5. The summed E-state index contributed by atoms with van der Waals surface area (Å²) < 4.78 is 11.3. The molecule has 0 aliphatic carbocycles. The Balaban J connectivity index is 1.84. The van der Waals surface area contributed by atoms with Gasteiger partial charge in [0.2, 0.25) is 5.95 Å². The molecule has 0 saturated heterocycles. The summed E-state index contributed by atoms with van der Waals surface area (Å²) in [4.78, 5) is 8.64. The van der Waals surface area contributed by atoms with Crippen LogP contribution < -0.4 is 15.2 Å². The second kappa shape index (κ2) is 6.52. The van der Waals surface area contributed by atoms with E-state index in [4.69, 9.17) is 15.2 Å². The Morgan fingerprint density at radius 1 is 1.00 bits per heavy atom. The van der Waals surface area contributed by atoms with Crippen LogP contribution in [0.25, 0.3) is 10.9 Å². The number of nitrogens with two attached hydrogens (primary N) is 1. The van der Waals surface area contributed by atoms with E-state index in [9.17, 15) is 0 Å². The number of nitrogens with zero attached hydrogens (tertiary/aromatic N) is 2. The third-order valence-electron chi connectivity index (χ3n) is 3.58. The van der Waals surface area contributed by atoms with Gasteiger partial charge in [-0.1, -0.05) is 30.3 Å². The number of rotatable bonds is 5. The van der Waals surface area contributed by atoms with Gasteiger partial charge in [0.15, 0.2) is 11.5 Å². The van der Waals surface area contributed by atoms with E-state index in [0.717, 1.165) is 16.6 Å². The number of fused-ring (bicyclic) bond motifs is 1. The molecule has 0 saturated carbocycles. The zero-order valence-electron chi connectivity index (χ0n) is 13.2. The molecule has 0 aliphatic rings. The summed E-state index contributed by atoms with van der Waals surface area (Å²) in [6.07, 6.45) is 0.551. The van der Waals surface area contributed by atoms with Gasteiger partial charge >= 0.3 is 0 Å². The molecule has 5 nitrogen and oxygen atoms in total. The van der Waals surface area contributed by atoms with Crippen molar-refractivity contribution < 1.29 is 9.47 Å². The van der Waals surface area contributed by atoms with E-state index in [0.29, 0.717) is 17.9 Å². The molecule has 2 N–H and O–H groups in total. The Kier molecular flexibility index (Phi) is 4.28. The minimum Gasteiger partial charge on any atom is -0.493 e. The molecule has 0 bridgehead atoms. The fourth-order valence-electron chi connectivity index (χ4n) is 2.56. The van der Waals surface area contributed by atoms with Crippen molar-refractivity contribution in [3.05, 3.63) is 54.2 Å². The van der Waals surface area contributed by atoms with Crippen molar-refractivity contribution in [3.8, 4) is 11.5 Å². The third-order valence-corrected chi connectivity index (χ3v) is 3.58. The Bertz CT molecular complexity index is 820. The van der Waals surface area contributed by atoms with Crippen LogP contribution in [-0.2, 0) is 6.42 Å². The standard InChI is InChI=1S/C18H19N3O2/c1-12(23-17-10-6-5-9-16(17)22-2)11-15-13-7-3-4-8-14(13)20-18(19)21-15/h3-10,12H,11H2,1-2H3,(H2,19,20,21). The minimum absolute atomic E-state index is 0.0796. The van der Waals surface area contributed by atoms with Crippen molar-refractivity contribution in [1.82, 2.24) is 9.97 Å². The molecule has 0 amide bonds. The van der Waals surface area contributed by atoms with Gasteiger partial charge in [-0.05, 0) is 25.1 Å². The number of benzene rings is 2. The summed E-state index contributed by atoms with van der Waals surface area (Å²) in [6, 6.07) is 15.4. The predicted octanol–water partition coefficient (Wildman–Crippen LogP) is 3.23. The topological polar surface area (TPSA) is 70.3 Å². The lowest BCUT2D eigenvalue weighted by Gasteiger charge is -2.17. The maximum Gasteiger partial charge on any atom is 0.220 e. The molecule has 1 atom stereocenters. The van der Waals surface area contributed by atoms with Gasteiger partial charge in [-0.3, -0.25) is 0 Å². The number of anilines is 1. The lowest BCUT2D eigenvalue weighted by atomic mass is 10.1. The largest absolute Gasteiger partial charge is 0.493 e. The zero-order chi connectivity index (χ0) is 16.2. The maximum absolute atomic E-state index is 6.00. The molecule has 118 valence electrons. The van der Waals surface area contributed by atoms with Crippen molar-refractivity contribution in [2.24, 2.45) is 0 Å². The number of methoxy groups -OCH3 is 1. The Hall–Kier alpha value is -2.82. The number of hydrogen-bond donors (Lipinski definition) is 1. The molecular formula is C18H19N3O2. The Morgan fingerprint density at radius 2 is 1.70 bits per heavy atom. The van der Waals surface area contributed by atoms with Crippen molar-refractivity contribution in [3.63, 3.8) is 0 Å². The Labute approximate surface area is 135 Å². The molecule has 0 radical (unpaired) electrons. The van der Waals surface area contributed by atoms with Gasteiger partial charge < -0.3 is 15.2 Å². The van der Waals surface area contributed by atoms with Gasteiger partial charge in [0.25, 0.3) is 0 Å². The first kappa shape index (κ1) is 15.1. The molecule has 0 spiro atoms. The van der Waals surface area contributed by atoms with Crippen molar-refractivity contribution >= 4 is 16.9 Å². The van der Waals surface area contributed by atoms with Crippen molar-refractivity contribution in [2.45, 2.75) is 19.4 Å². The highest BCUT2D eigenvalue weighted by Crippen LogP contribution is 2.28. The first-order valence-corrected chi connectivity index (χ1v) is 7.48. The predicted molar refractivity (Wildman–Crippen MR) is 90.7 cm³/mol. The SMILES string of the molecule is COc1ccccc1OC(C)Cc1nc(N)nc2ccccc12. The van der Waals surface area contributed by atoms with Crippen LogP contribution in [0, 0.1) is 0 Å². The molecular weight excluding hydrogens is 290 g/mol. The van der Waals surface area contributed by atoms with Crippen LogP contribution in [0.4, 0.5) is 5.95 Å². The van der Waals surface area contributed by atoms with Crippen LogP contribution in [0.1, 0.15) is 12.6 Å². The van der Waals surface area contributed by atoms with Gasteiger partial charge in [0.1, 0.15) is 6.10 Å². The van der Waals surface area contributed by atoms with E-state index in [2.05, 4.69) is 9.97 Å². The second-order valence-electron chi connectivity index (χ2n) is 5.33. The van der Waals surface area contributed by atoms with E-state index >= 15 is 0 Å². The summed E-state index contributed by atoms with van der Waals surface area (Å²) >= 11 is 0. The van der Waals surface area contributed by atoms with E-state index < -0.39 is 0 Å². The highest BCUT2D eigenvalue weighted by Gasteiger charge is 2.13. The molecule has 0 fully saturated rings. The van der Waals surface area contributed by atoms with Gasteiger partial charge in [-0.2, -0.15) is 0 Å². The van der Waals surface area contributed by atoms with Gasteiger partial charge in [-0.25, -0.2) is 9.97 Å². The molecule has 1 heterocycles. The lowest BCUT2D eigenvalue weighted by molar-refractivity contribution is 0.211. The Morgan fingerprint density at radius 3 is 2.48 bits per heavy atom. The average Bonchev–Trinajstić information content (AvgIpc) is 2.55. The van der Waals surface area contributed by atoms with Crippen LogP contribution in [0.2, 0.25) is 0 Å². The average molecular weight is 309 g/mol. The van der Waals surface area contributed by atoms with Gasteiger partial charge in [-0.15, -0.1) is 0 Å². The summed E-state index contributed by atoms with van der Waals surface area (Å²) in [5, 5.41) is 0.997.